The third kappa shape index (κ3) is 10.4. The first-order valence-corrected chi connectivity index (χ1v) is 6.60. The van der Waals surface area contributed by atoms with Gasteiger partial charge in [-0.05, 0) is 46.5 Å². The lowest BCUT2D eigenvalue weighted by atomic mass is 9.90. The highest BCUT2D eigenvalue weighted by molar-refractivity contribution is 5.67. The minimum Gasteiger partial charge on any atom is -0.444 e. The van der Waals surface area contributed by atoms with Gasteiger partial charge in [-0.25, -0.2) is 4.79 Å². The van der Waals surface area contributed by atoms with Crippen LogP contribution < -0.4 is 5.32 Å². The minimum atomic E-state index is -0.449. The van der Waals surface area contributed by atoms with Gasteiger partial charge in [0.15, 0.2) is 0 Å². The van der Waals surface area contributed by atoms with E-state index in [1.54, 1.807) is 0 Å². The number of hydrogen-bond acceptors (Lipinski definition) is 3. The molecule has 0 saturated heterocycles. The van der Waals surface area contributed by atoms with Gasteiger partial charge in [0.1, 0.15) is 5.60 Å². The van der Waals surface area contributed by atoms with Gasteiger partial charge < -0.3 is 14.8 Å². The molecule has 0 heterocycles. The molecule has 0 unspecified atom stereocenters. The third-order valence-electron chi connectivity index (χ3n) is 2.34. The summed E-state index contributed by atoms with van der Waals surface area (Å²) in [5, 5.41) is 2.80. The largest absolute Gasteiger partial charge is 0.444 e. The van der Waals surface area contributed by atoms with Gasteiger partial charge in [0.05, 0.1) is 6.10 Å². The average Bonchev–Trinajstić information content (AvgIpc) is 2.11. The van der Waals surface area contributed by atoms with Crippen molar-refractivity contribution in [1.29, 1.82) is 0 Å². The van der Waals surface area contributed by atoms with Crippen LogP contribution in [0.3, 0.4) is 0 Å². The van der Waals surface area contributed by atoms with Crippen molar-refractivity contribution in [2.24, 2.45) is 5.41 Å². The van der Waals surface area contributed by atoms with Crippen molar-refractivity contribution in [3.8, 4) is 0 Å². The van der Waals surface area contributed by atoms with Crippen LogP contribution in [-0.2, 0) is 9.47 Å². The Morgan fingerprint density at radius 2 is 1.72 bits per heavy atom. The van der Waals surface area contributed by atoms with Gasteiger partial charge in [0.25, 0.3) is 0 Å². The van der Waals surface area contributed by atoms with Crippen LogP contribution in [0.5, 0.6) is 0 Å². The summed E-state index contributed by atoms with van der Waals surface area (Å²) in [6, 6.07) is 0. The van der Waals surface area contributed by atoms with E-state index in [9.17, 15) is 4.79 Å². The van der Waals surface area contributed by atoms with Crippen molar-refractivity contribution >= 4 is 6.09 Å². The lowest BCUT2D eigenvalue weighted by Crippen LogP contribution is -2.38. The molecule has 1 amide bonds. The highest BCUT2D eigenvalue weighted by atomic mass is 16.6. The van der Waals surface area contributed by atoms with Gasteiger partial charge in [-0.15, -0.1) is 0 Å². The number of hydrogen-bond donors (Lipinski definition) is 1. The topological polar surface area (TPSA) is 47.6 Å². The first-order valence-electron chi connectivity index (χ1n) is 6.60. The Hall–Kier alpha value is -0.770. The van der Waals surface area contributed by atoms with E-state index in [1.165, 1.54) is 0 Å². The number of carbonyl (C=O) groups excluding carboxylic acids is 1. The van der Waals surface area contributed by atoms with E-state index in [0.717, 1.165) is 6.42 Å². The zero-order valence-corrected chi connectivity index (χ0v) is 12.9. The highest BCUT2D eigenvalue weighted by Crippen LogP contribution is 2.19. The minimum absolute atomic E-state index is 0.00575. The normalized spacial score (nSPS) is 12.7. The molecule has 0 rings (SSSR count). The van der Waals surface area contributed by atoms with Crippen LogP contribution in [0.15, 0.2) is 0 Å². The SMILES string of the molecule is CC(C)OCCC(C)(C)CNC(=O)OC(C)(C)C. The van der Waals surface area contributed by atoms with Crippen LogP contribution in [0, 0.1) is 5.41 Å². The molecule has 18 heavy (non-hydrogen) atoms. The number of rotatable bonds is 6. The summed E-state index contributed by atoms with van der Waals surface area (Å²) in [5.41, 5.74) is -0.444. The molecule has 0 aromatic heterocycles. The molecule has 0 saturated carbocycles. The predicted octanol–water partition coefficient (Wildman–Crippen LogP) is 3.35. The lowest BCUT2D eigenvalue weighted by Gasteiger charge is -2.26. The molecule has 0 aliphatic heterocycles. The van der Waals surface area contributed by atoms with Crippen LogP contribution in [0.1, 0.15) is 54.9 Å². The Morgan fingerprint density at radius 1 is 1.17 bits per heavy atom. The van der Waals surface area contributed by atoms with Crippen LogP contribution in [0.4, 0.5) is 4.79 Å². The summed E-state index contributed by atoms with van der Waals surface area (Å²) in [4.78, 5) is 11.5. The van der Waals surface area contributed by atoms with Crippen molar-refractivity contribution in [2.45, 2.75) is 66.6 Å². The van der Waals surface area contributed by atoms with E-state index in [1.807, 2.05) is 34.6 Å². The summed E-state index contributed by atoms with van der Waals surface area (Å²) in [7, 11) is 0. The zero-order valence-electron chi connectivity index (χ0n) is 12.9. The first kappa shape index (κ1) is 17.2. The molecular weight excluding hydrogens is 230 g/mol. The van der Waals surface area contributed by atoms with Crippen molar-refractivity contribution in [1.82, 2.24) is 5.32 Å². The van der Waals surface area contributed by atoms with Gasteiger partial charge in [-0.2, -0.15) is 0 Å². The van der Waals surface area contributed by atoms with Crippen molar-refractivity contribution in [2.75, 3.05) is 13.2 Å². The smallest absolute Gasteiger partial charge is 0.407 e. The average molecular weight is 259 g/mol. The first-order chi connectivity index (χ1) is 8.02. The Balaban J connectivity index is 3.92. The molecular formula is C14H29NO3. The lowest BCUT2D eigenvalue weighted by molar-refractivity contribution is 0.0438. The van der Waals surface area contributed by atoms with E-state index in [0.29, 0.717) is 13.2 Å². The fourth-order valence-corrected chi connectivity index (χ4v) is 1.28. The number of carbonyl (C=O) groups is 1. The molecule has 1 N–H and O–H groups in total. The Kier molecular flexibility index (Phi) is 6.68. The van der Waals surface area contributed by atoms with Gasteiger partial charge in [-0.3, -0.25) is 0 Å². The third-order valence-corrected chi connectivity index (χ3v) is 2.34. The molecule has 0 atom stereocenters. The summed E-state index contributed by atoms with van der Waals surface area (Å²) in [6.07, 6.45) is 0.793. The van der Waals surface area contributed by atoms with E-state index in [4.69, 9.17) is 9.47 Å². The predicted molar refractivity (Wildman–Crippen MR) is 73.7 cm³/mol. The summed E-state index contributed by atoms with van der Waals surface area (Å²) < 4.78 is 10.7. The molecule has 0 fully saturated rings. The Morgan fingerprint density at radius 3 is 2.17 bits per heavy atom. The highest BCUT2D eigenvalue weighted by Gasteiger charge is 2.21. The molecule has 4 nitrogen and oxygen atoms in total. The Labute approximate surface area is 111 Å². The molecule has 0 radical (unpaired) electrons. The van der Waals surface area contributed by atoms with Gasteiger partial charge in [0, 0.05) is 13.2 Å². The number of amides is 1. The number of nitrogens with one attached hydrogen (secondary N) is 1. The van der Waals surface area contributed by atoms with Gasteiger partial charge in [-0.1, -0.05) is 13.8 Å². The summed E-state index contributed by atoms with van der Waals surface area (Å²) in [5.74, 6) is 0. The summed E-state index contributed by atoms with van der Waals surface area (Å²) in [6.45, 7) is 15.1. The van der Waals surface area contributed by atoms with Crippen LogP contribution in [-0.4, -0.2) is 30.9 Å². The summed E-state index contributed by atoms with van der Waals surface area (Å²) >= 11 is 0. The van der Waals surface area contributed by atoms with E-state index in [2.05, 4.69) is 19.2 Å². The van der Waals surface area contributed by atoms with E-state index in [-0.39, 0.29) is 17.6 Å². The quantitative estimate of drug-likeness (QED) is 0.795. The molecule has 0 aliphatic rings. The molecule has 4 heteroatoms. The van der Waals surface area contributed by atoms with Crippen molar-refractivity contribution < 1.29 is 14.3 Å². The van der Waals surface area contributed by atoms with Crippen LogP contribution in [0.25, 0.3) is 0 Å². The molecule has 0 spiro atoms. The van der Waals surface area contributed by atoms with E-state index < -0.39 is 5.60 Å². The molecule has 0 aromatic rings. The van der Waals surface area contributed by atoms with Gasteiger partial charge >= 0.3 is 6.09 Å². The second-order valence-electron chi connectivity index (χ2n) is 6.69. The monoisotopic (exact) mass is 259 g/mol. The fourth-order valence-electron chi connectivity index (χ4n) is 1.28. The second-order valence-corrected chi connectivity index (χ2v) is 6.69. The maximum absolute atomic E-state index is 11.5. The molecule has 0 bridgehead atoms. The molecule has 0 aliphatic carbocycles. The van der Waals surface area contributed by atoms with Crippen LogP contribution >= 0.6 is 0 Å². The zero-order chi connectivity index (χ0) is 14.4. The molecule has 108 valence electrons. The maximum atomic E-state index is 11.5. The van der Waals surface area contributed by atoms with Crippen LogP contribution in [0.2, 0.25) is 0 Å². The van der Waals surface area contributed by atoms with E-state index >= 15 is 0 Å². The van der Waals surface area contributed by atoms with Crippen molar-refractivity contribution in [3.63, 3.8) is 0 Å². The Bertz CT molecular complexity index is 254. The standard InChI is InChI=1S/C14H29NO3/c1-11(2)17-9-8-14(6,7)10-15-12(16)18-13(3,4)5/h11H,8-10H2,1-7H3,(H,15,16). The molecule has 0 aromatic carbocycles. The second kappa shape index (κ2) is 6.98. The fraction of sp³-hybridized carbons (Fsp3) is 0.929. The number of alkyl carbamates (subject to hydrolysis) is 1. The van der Waals surface area contributed by atoms with Gasteiger partial charge in [0.2, 0.25) is 0 Å². The maximum Gasteiger partial charge on any atom is 0.407 e. The van der Waals surface area contributed by atoms with Crippen molar-refractivity contribution in [3.05, 3.63) is 0 Å². The number of ether oxygens (including phenoxy) is 2.